The highest BCUT2D eigenvalue weighted by atomic mass is 32.2. The van der Waals surface area contributed by atoms with Crippen molar-refractivity contribution < 1.29 is 18.3 Å². The van der Waals surface area contributed by atoms with E-state index in [-0.39, 0.29) is 16.5 Å². The Bertz CT molecular complexity index is 1600. The van der Waals surface area contributed by atoms with Gasteiger partial charge in [0, 0.05) is 37.9 Å². The molecule has 6 fully saturated rings. The molecule has 6 aliphatic rings. The summed E-state index contributed by atoms with van der Waals surface area (Å²) >= 11 is 0. The first-order chi connectivity index (χ1) is 24.0. The third-order valence-corrected chi connectivity index (χ3v) is 18.6. The van der Waals surface area contributed by atoms with Crippen molar-refractivity contribution >= 4 is 21.6 Å². The van der Waals surface area contributed by atoms with Gasteiger partial charge in [0.25, 0.3) is 0 Å². The lowest BCUT2D eigenvalue weighted by Gasteiger charge is -2.73. The number of rotatable bonds is 9. The molecule has 1 unspecified atom stereocenters. The van der Waals surface area contributed by atoms with Crippen LogP contribution in [0.15, 0.2) is 30.5 Å². The number of carboxylic acids is 1. The van der Waals surface area contributed by atoms with Crippen molar-refractivity contribution in [3.05, 3.63) is 36.0 Å². The second-order valence-electron chi connectivity index (χ2n) is 19.3. The van der Waals surface area contributed by atoms with Crippen LogP contribution in [-0.4, -0.2) is 85.7 Å². The zero-order valence-electron chi connectivity index (χ0n) is 32.5. The van der Waals surface area contributed by atoms with Crippen LogP contribution >= 0.6 is 0 Å². The SMILES string of the molecule is C=C(C)[C@@H]1CC[C@]2(CNCCCN3CCS(=O)(=O)CC3)CC[C@]3(C)[C@H](CCC4[C@@]5(C)CCN(c6ccc(C(=O)O)cn6)C(C)(C)[C@@H]5CC[C@]43C)[C@@H]12. The van der Waals surface area contributed by atoms with Gasteiger partial charge < -0.3 is 20.2 Å². The van der Waals surface area contributed by atoms with Gasteiger partial charge in [-0.1, -0.05) is 32.9 Å². The molecule has 9 heteroatoms. The molecule has 3 heterocycles. The lowest BCUT2D eigenvalue weighted by atomic mass is 9.33. The molecule has 2 saturated heterocycles. The molecule has 7 rings (SSSR count). The Morgan fingerprint density at radius 2 is 1.69 bits per heavy atom. The lowest BCUT2D eigenvalue weighted by Crippen LogP contribution is -2.70. The van der Waals surface area contributed by atoms with E-state index in [1.54, 1.807) is 6.07 Å². The molecule has 51 heavy (non-hydrogen) atoms. The van der Waals surface area contributed by atoms with E-state index in [2.05, 4.69) is 68.2 Å². The Balaban J connectivity index is 1.08. The number of allylic oxidation sites excluding steroid dienone is 1. The van der Waals surface area contributed by atoms with Crippen LogP contribution < -0.4 is 10.2 Å². The zero-order valence-corrected chi connectivity index (χ0v) is 33.3. The number of carboxylic acid groups (broad SMARTS) is 1. The quantitative estimate of drug-likeness (QED) is 0.202. The van der Waals surface area contributed by atoms with Crippen LogP contribution in [0, 0.1) is 51.2 Å². The first-order valence-electron chi connectivity index (χ1n) is 20.2. The summed E-state index contributed by atoms with van der Waals surface area (Å²) in [7, 11) is -2.83. The molecule has 2 N–H and O–H groups in total. The molecule has 0 amide bonds. The molecule has 4 aliphatic carbocycles. The maximum absolute atomic E-state index is 11.9. The van der Waals surface area contributed by atoms with Crippen LogP contribution in [0.1, 0.15) is 116 Å². The second kappa shape index (κ2) is 13.1. The van der Waals surface area contributed by atoms with Crippen molar-refractivity contribution in [3.8, 4) is 0 Å². The average Bonchev–Trinajstić information content (AvgIpc) is 3.45. The van der Waals surface area contributed by atoms with Crippen molar-refractivity contribution in [1.29, 1.82) is 0 Å². The Labute approximate surface area is 308 Å². The van der Waals surface area contributed by atoms with E-state index in [1.165, 1.54) is 63.1 Å². The lowest BCUT2D eigenvalue weighted by molar-refractivity contribution is -0.227. The minimum absolute atomic E-state index is 0.0700. The Morgan fingerprint density at radius 1 is 0.941 bits per heavy atom. The minimum atomic E-state index is -2.83. The maximum atomic E-state index is 11.9. The smallest absolute Gasteiger partial charge is 0.337 e. The molecule has 4 saturated carbocycles. The van der Waals surface area contributed by atoms with Gasteiger partial charge in [-0.05, 0) is 161 Å². The molecule has 1 aromatic rings. The Kier molecular flexibility index (Phi) is 9.60. The van der Waals surface area contributed by atoms with E-state index >= 15 is 0 Å². The monoisotopic (exact) mass is 722 g/mol. The number of hydrogen-bond acceptors (Lipinski definition) is 7. The van der Waals surface area contributed by atoms with E-state index in [0.29, 0.717) is 64.5 Å². The summed E-state index contributed by atoms with van der Waals surface area (Å²) < 4.78 is 23.7. The Hall–Kier alpha value is -1.97. The number of nitrogens with one attached hydrogen (secondary N) is 1. The second-order valence-corrected chi connectivity index (χ2v) is 21.6. The third-order valence-electron chi connectivity index (χ3n) is 16.9. The van der Waals surface area contributed by atoms with Gasteiger partial charge in [-0.3, -0.25) is 0 Å². The third kappa shape index (κ3) is 6.02. The first kappa shape index (κ1) is 37.3. The van der Waals surface area contributed by atoms with Crippen molar-refractivity contribution in [2.75, 3.05) is 55.7 Å². The van der Waals surface area contributed by atoms with Crippen LogP contribution in [0.4, 0.5) is 5.82 Å². The fraction of sp³-hybridized carbons (Fsp3) is 0.810. The number of carbonyl (C=O) groups is 1. The first-order valence-corrected chi connectivity index (χ1v) is 22.1. The van der Waals surface area contributed by atoms with Crippen LogP contribution in [0.3, 0.4) is 0 Å². The van der Waals surface area contributed by atoms with Gasteiger partial charge in [-0.2, -0.15) is 0 Å². The topological polar surface area (TPSA) is 103 Å². The molecule has 0 spiro atoms. The normalized spacial score (nSPS) is 41.5. The standard InChI is InChI=1S/C42H66N4O4S/c1-29(2)31-13-16-42(28-43-20-8-21-45-23-25-51(49,50)26-24-45)18-17-40(6)32(36(31)42)10-11-34-39(5)19-22-46(35-12-9-30(27-44-35)37(47)48)38(3,4)33(39)14-15-41(34,40)7/h9,12,27,31-34,36,43H,1,8,10-11,13-26,28H2,2-7H3,(H,47,48)/t31-,32+,33-,34?,36+,39-,40+,41+,42+/m0/s1. The summed E-state index contributed by atoms with van der Waals surface area (Å²) in [5, 5.41) is 13.4. The van der Waals surface area contributed by atoms with Crippen molar-refractivity contribution in [2.45, 2.75) is 111 Å². The number of pyridine rings is 1. The molecular formula is C42H66N4O4S. The highest BCUT2D eigenvalue weighted by Crippen LogP contribution is 2.76. The van der Waals surface area contributed by atoms with Gasteiger partial charge in [-0.15, -0.1) is 0 Å². The van der Waals surface area contributed by atoms with E-state index in [1.807, 2.05) is 6.07 Å². The van der Waals surface area contributed by atoms with Crippen LogP contribution in [0.25, 0.3) is 0 Å². The van der Waals surface area contributed by atoms with Gasteiger partial charge in [0.1, 0.15) is 5.82 Å². The van der Waals surface area contributed by atoms with E-state index < -0.39 is 15.8 Å². The number of aromatic nitrogens is 1. The molecule has 8 nitrogen and oxygen atoms in total. The van der Waals surface area contributed by atoms with Gasteiger partial charge in [0.15, 0.2) is 9.84 Å². The molecule has 0 aromatic carbocycles. The summed E-state index contributed by atoms with van der Waals surface area (Å²) in [6, 6.07) is 3.62. The predicted octanol–water partition coefficient (Wildman–Crippen LogP) is 7.32. The van der Waals surface area contributed by atoms with Crippen molar-refractivity contribution in [1.82, 2.24) is 15.2 Å². The molecular weight excluding hydrogens is 657 g/mol. The largest absolute Gasteiger partial charge is 0.478 e. The Morgan fingerprint density at radius 3 is 2.35 bits per heavy atom. The van der Waals surface area contributed by atoms with Gasteiger partial charge >= 0.3 is 5.97 Å². The summed E-state index contributed by atoms with van der Waals surface area (Å²) in [6.45, 7) is 25.3. The fourth-order valence-corrected chi connectivity index (χ4v) is 15.4. The van der Waals surface area contributed by atoms with Gasteiger partial charge in [-0.25, -0.2) is 18.2 Å². The van der Waals surface area contributed by atoms with E-state index in [9.17, 15) is 18.3 Å². The van der Waals surface area contributed by atoms with Crippen LogP contribution in [-0.2, 0) is 9.84 Å². The highest BCUT2D eigenvalue weighted by molar-refractivity contribution is 7.91. The van der Waals surface area contributed by atoms with Gasteiger partial charge in [0.05, 0.1) is 17.1 Å². The van der Waals surface area contributed by atoms with Gasteiger partial charge in [0.2, 0.25) is 0 Å². The van der Waals surface area contributed by atoms with E-state index in [0.717, 1.165) is 50.8 Å². The summed E-state index contributed by atoms with van der Waals surface area (Å²) in [5.74, 6) is 3.86. The maximum Gasteiger partial charge on any atom is 0.337 e. The fourth-order valence-electron chi connectivity index (χ4n) is 14.1. The number of aromatic carboxylic acids is 1. The van der Waals surface area contributed by atoms with Crippen LogP contribution in [0.5, 0.6) is 0 Å². The molecule has 0 radical (unpaired) electrons. The van der Waals surface area contributed by atoms with Crippen molar-refractivity contribution in [3.63, 3.8) is 0 Å². The highest BCUT2D eigenvalue weighted by Gasteiger charge is 2.70. The summed E-state index contributed by atoms with van der Waals surface area (Å²) in [6.07, 6.45) is 14.1. The number of hydrogen-bond donors (Lipinski definition) is 2. The zero-order chi connectivity index (χ0) is 36.6. The summed E-state index contributed by atoms with van der Waals surface area (Å²) in [5.41, 5.74) is 2.76. The minimum Gasteiger partial charge on any atom is -0.478 e. The van der Waals surface area contributed by atoms with E-state index in [4.69, 9.17) is 0 Å². The number of fused-ring (bicyclic) bond motifs is 7. The molecule has 9 atom stereocenters. The summed E-state index contributed by atoms with van der Waals surface area (Å²) in [4.78, 5) is 21.0. The molecule has 2 aliphatic heterocycles. The predicted molar refractivity (Wildman–Crippen MR) is 206 cm³/mol. The average molecular weight is 723 g/mol. The van der Waals surface area contributed by atoms with Crippen LogP contribution in [0.2, 0.25) is 0 Å². The molecule has 284 valence electrons. The number of anilines is 1. The van der Waals surface area contributed by atoms with Crippen molar-refractivity contribution in [2.24, 2.45) is 51.2 Å². The molecule has 0 bridgehead atoms. The number of piperidine rings is 1. The number of sulfone groups is 1. The number of nitrogens with zero attached hydrogens (tertiary/aromatic N) is 3. The molecule has 1 aromatic heterocycles.